The highest BCUT2D eigenvalue weighted by molar-refractivity contribution is 7.47. The first-order chi connectivity index (χ1) is 43.8. The molecule has 19 heteroatoms. The third-order valence-corrected chi connectivity index (χ3v) is 18.3. The largest absolute Gasteiger partial charge is 0.472 e. The SMILES string of the molecule is CCCCCC/C=C\C=C/CCCCCCCC(=O)O[C@H](COC(=O)CCCCCCCCCCCC(C)C)COP(=O)(O)OC[C@@H](O)COP(=O)(O)OC[C@@H](COC(=O)CCCCCCCCCCC(C)CC)OC(=O)CCCCCCCCCCCC(C)C. The fourth-order valence-corrected chi connectivity index (χ4v) is 11.9. The third-order valence-electron chi connectivity index (χ3n) is 16.4. The number of phosphoric ester groups is 2. The molecule has 0 amide bonds. The average Bonchev–Trinajstić information content (AvgIpc) is 3.48. The molecule has 0 aliphatic heterocycles. The molecule has 0 radical (unpaired) electrons. The lowest BCUT2D eigenvalue weighted by Gasteiger charge is -2.21. The molecule has 0 spiro atoms. The lowest BCUT2D eigenvalue weighted by molar-refractivity contribution is -0.161. The molecule has 3 N–H and O–H groups in total. The van der Waals surface area contributed by atoms with Gasteiger partial charge in [-0.3, -0.25) is 37.3 Å². The highest BCUT2D eigenvalue weighted by Crippen LogP contribution is 2.45. The first kappa shape index (κ1) is 88.5. The van der Waals surface area contributed by atoms with Crippen molar-refractivity contribution in [2.45, 2.75) is 356 Å². The average molecular weight is 1340 g/mol. The van der Waals surface area contributed by atoms with Crippen LogP contribution < -0.4 is 0 Å². The third kappa shape index (κ3) is 64.6. The minimum Gasteiger partial charge on any atom is -0.462 e. The molecule has 3 unspecified atom stereocenters. The second kappa shape index (κ2) is 62.4. The Hall–Kier alpha value is -2.46. The Bertz CT molecular complexity index is 1880. The van der Waals surface area contributed by atoms with Crippen LogP contribution in [0.5, 0.6) is 0 Å². The van der Waals surface area contributed by atoms with Crippen LogP contribution in [0.15, 0.2) is 24.3 Å². The van der Waals surface area contributed by atoms with Gasteiger partial charge in [0.25, 0.3) is 0 Å². The molecule has 17 nitrogen and oxygen atoms in total. The van der Waals surface area contributed by atoms with Crippen LogP contribution in [-0.2, 0) is 65.4 Å². The number of hydrogen-bond donors (Lipinski definition) is 3. The fourth-order valence-electron chi connectivity index (χ4n) is 10.3. The van der Waals surface area contributed by atoms with E-state index in [4.69, 9.17) is 37.0 Å². The number of esters is 4. The van der Waals surface area contributed by atoms with Crippen molar-refractivity contribution in [3.8, 4) is 0 Å². The van der Waals surface area contributed by atoms with Crippen LogP contribution in [0.2, 0.25) is 0 Å². The molecule has 0 bridgehead atoms. The number of rotatable bonds is 68. The predicted molar refractivity (Wildman–Crippen MR) is 367 cm³/mol. The van der Waals surface area contributed by atoms with Crippen molar-refractivity contribution >= 4 is 39.5 Å². The molecule has 0 aliphatic carbocycles. The van der Waals surface area contributed by atoms with Gasteiger partial charge in [-0.2, -0.15) is 0 Å². The highest BCUT2D eigenvalue weighted by Gasteiger charge is 2.30. The Morgan fingerprint density at radius 2 is 0.648 bits per heavy atom. The van der Waals surface area contributed by atoms with Crippen molar-refractivity contribution in [3.05, 3.63) is 24.3 Å². The van der Waals surface area contributed by atoms with E-state index in [1.165, 1.54) is 135 Å². The maximum Gasteiger partial charge on any atom is 0.472 e. The summed E-state index contributed by atoms with van der Waals surface area (Å²) >= 11 is 0. The van der Waals surface area contributed by atoms with Gasteiger partial charge < -0.3 is 33.8 Å². The molecule has 0 heterocycles. The van der Waals surface area contributed by atoms with E-state index in [2.05, 4.69) is 72.8 Å². The lowest BCUT2D eigenvalue weighted by atomic mass is 9.99. The summed E-state index contributed by atoms with van der Waals surface area (Å²) in [4.78, 5) is 72.6. The summed E-state index contributed by atoms with van der Waals surface area (Å²) < 4.78 is 68.3. The van der Waals surface area contributed by atoms with Gasteiger partial charge in [-0.1, -0.05) is 285 Å². The molecule has 0 aromatic carbocycles. The van der Waals surface area contributed by atoms with Crippen LogP contribution >= 0.6 is 15.6 Å². The zero-order valence-corrected chi connectivity index (χ0v) is 60.6. The molecule has 0 aromatic rings. The second-order valence-electron chi connectivity index (χ2n) is 26.5. The van der Waals surface area contributed by atoms with E-state index in [0.29, 0.717) is 25.7 Å². The molecular weight excluding hydrogens is 1200 g/mol. The minimum atomic E-state index is -4.96. The number of aliphatic hydroxyl groups is 1. The molecule has 0 fully saturated rings. The summed E-state index contributed by atoms with van der Waals surface area (Å²) in [6, 6.07) is 0. The molecule has 0 aliphatic rings. The van der Waals surface area contributed by atoms with Crippen LogP contribution in [0.25, 0.3) is 0 Å². The second-order valence-corrected chi connectivity index (χ2v) is 29.4. The van der Waals surface area contributed by atoms with Gasteiger partial charge in [0.2, 0.25) is 0 Å². The number of unbranched alkanes of at least 4 members (excludes halogenated alkanes) is 32. The summed E-state index contributed by atoms with van der Waals surface area (Å²) in [5.41, 5.74) is 0. The first-order valence-corrected chi connectivity index (χ1v) is 39.7. The van der Waals surface area contributed by atoms with E-state index in [1.54, 1.807) is 0 Å². The Morgan fingerprint density at radius 1 is 0.363 bits per heavy atom. The van der Waals surface area contributed by atoms with Crippen molar-refractivity contribution in [2.24, 2.45) is 17.8 Å². The zero-order chi connectivity index (χ0) is 67.3. The number of phosphoric acid groups is 2. The van der Waals surface area contributed by atoms with Gasteiger partial charge in [-0.05, 0) is 69.1 Å². The van der Waals surface area contributed by atoms with Crippen LogP contribution in [0.1, 0.15) is 337 Å². The summed E-state index contributed by atoms with van der Waals surface area (Å²) in [7, 11) is -9.92. The quantitative estimate of drug-likeness (QED) is 0.0169. The summed E-state index contributed by atoms with van der Waals surface area (Å²) in [6.07, 6.45) is 49.3. The minimum absolute atomic E-state index is 0.0841. The van der Waals surface area contributed by atoms with Gasteiger partial charge in [0.05, 0.1) is 26.4 Å². The van der Waals surface area contributed by atoms with Gasteiger partial charge in [-0.25, -0.2) is 9.13 Å². The van der Waals surface area contributed by atoms with Crippen molar-refractivity contribution in [2.75, 3.05) is 39.6 Å². The van der Waals surface area contributed by atoms with Gasteiger partial charge in [-0.15, -0.1) is 0 Å². The van der Waals surface area contributed by atoms with Crippen LogP contribution in [0, 0.1) is 17.8 Å². The normalized spacial score (nSPS) is 14.6. The molecule has 536 valence electrons. The number of aliphatic hydroxyl groups excluding tert-OH is 1. The highest BCUT2D eigenvalue weighted by atomic mass is 31.2. The predicted octanol–water partition coefficient (Wildman–Crippen LogP) is 20.2. The molecule has 0 rings (SSSR count). The smallest absolute Gasteiger partial charge is 0.462 e. The summed E-state index contributed by atoms with van der Waals surface area (Å²) in [5.74, 6) is 0.0965. The Morgan fingerprint density at radius 3 is 0.978 bits per heavy atom. The maximum absolute atomic E-state index is 13.0. The van der Waals surface area contributed by atoms with Crippen molar-refractivity contribution in [1.29, 1.82) is 0 Å². The standard InChI is InChI=1S/C72H136O17P2/c1-8-10-11-12-13-14-15-16-17-18-19-24-34-41-48-55-71(76)88-67(59-82-69(74)53-46-39-32-25-20-22-29-36-43-50-63(3)4)61-86-90(78,79)84-57-66(73)58-85-91(80,81)87-62-68(89-72(77)56-49-42-35-26-21-23-30-37-44-51-64(5)6)60-83-70(75)54-47-40-33-28-27-31-38-45-52-65(7)9-2/h14-17,63-68,73H,8-13,18-62H2,1-7H3,(H,78,79)(H,80,81)/b15-14-,17-16-/t65?,66-,67-,68-/m1/s1. The van der Waals surface area contributed by atoms with E-state index in [9.17, 15) is 43.2 Å². The van der Waals surface area contributed by atoms with Crippen LogP contribution in [-0.4, -0.2) is 96.7 Å². The fraction of sp³-hybridized carbons (Fsp3) is 0.889. The van der Waals surface area contributed by atoms with Gasteiger partial charge in [0, 0.05) is 25.7 Å². The van der Waals surface area contributed by atoms with Gasteiger partial charge in [0.15, 0.2) is 12.2 Å². The summed E-state index contributed by atoms with van der Waals surface area (Å²) in [6.45, 7) is 11.8. The monoisotopic (exact) mass is 1330 g/mol. The van der Waals surface area contributed by atoms with Crippen LogP contribution in [0.3, 0.4) is 0 Å². The van der Waals surface area contributed by atoms with Crippen molar-refractivity contribution in [1.82, 2.24) is 0 Å². The van der Waals surface area contributed by atoms with E-state index in [1.807, 2.05) is 0 Å². The summed E-state index contributed by atoms with van der Waals surface area (Å²) in [5, 5.41) is 10.6. The van der Waals surface area contributed by atoms with Gasteiger partial charge in [0.1, 0.15) is 19.3 Å². The number of carbonyl (C=O) groups is 4. The molecule has 91 heavy (non-hydrogen) atoms. The van der Waals surface area contributed by atoms with Gasteiger partial charge >= 0.3 is 39.5 Å². The topological polar surface area (TPSA) is 237 Å². The Labute approximate surface area is 554 Å². The molecular formula is C72H136O17P2. The maximum atomic E-state index is 13.0. The van der Waals surface area contributed by atoms with E-state index >= 15 is 0 Å². The Kier molecular flexibility index (Phi) is 60.7. The van der Waals surface area contributed by atoms with Crippen molar-refractivity contribution in [3.63, 3.8) is 0 Å². The molecule has 0 aromatic heterocycles. The number of allylic oxidation sites excluding steroid dienone is 4. The Balaban J connectivity index is 5.31. The lowest BCUT2D eigenvalue weighted by Crippen LogP contribution is -2.30. The molecule has 0 saturated carbocycles. The van der Waals surface area contributed by atoms with E-state index in [-0.39, 0.29) is 25.7 Å². The van der Waals surface area contributed by atoms with Crippen LogP contribution in [0.4, 0.5) is 0 Å². The van der Waals surface area contributed by atoms with Crippen molar-refractivity contribution < 1.29 is 80.2 Å². The number of ether oxygens (including phenoxy) is 4. The first-order valence-electron chi connectivity index (χ1n) is 36.7. The molecule has 0 saturated heterocycles. The zero-order valence-electron chi connectivity index (χ0n) is 58.8. The van der Waals surface area contributed by atoms with E-state index < -0.39 is 97.5 Å². The number of carbonyl (C=O) groups excluding carboxylic acids is 4. The number of hydrogen-bond acceptors (Lipinski definition) is 15. The molecule has 6 atom stereocenters. The van der Waals surface area contributed by atoms with E-state index in [0.717, 1.165) is 120 Å².